The van der Waals surface area contributed by atoms with Crippen LogP contribution >= 0.6 is 11.6 Å². The zero-order chi connectivity index (χ0) is 13.4. The molecule has 1 aromatic rings. The summed E-state index contributed by atoms with van der Waals surface area (Å²) in [6, 6.07) is 4.62. The van der Waals surface area contributed by atoms with Crippen LogP contribution in [0.2, 0.25) is 5.02 Å². The van der Waals surface area contributed by atoms with Gasteiger partial charge in [0.1, 0.15) is 5.82 Å². The third kappa shape index (κ3) is 5.47. The van der Waals surface area contributed by atoms with E-state index in [1.54, 1.807) is 19.1 Å². The van der Waals surface area contributed by atoms with Crippen molar-refractivity contribution in [1.82, 2.24) is 5.32 Å². The predicted molar refractivity (Wildman–Crippen MR) is 69.0 cm³/mol. The first-order chi connectivity index (χ1) is 8.63. The number of rotatable bonds is 7. The molecule has 0 aliphatic heterocycles. The van der Waals surface area contributed by atoms with E-state index >= 15 is 0 Å². The Morgan fingerprint density at radius 2 is 2.28 bits per heavy atom. The second-order valence-corrected chi connectivity index (χ2v) is 4.24. The number of esters is 1. The molecule has 1 N–H and O–H groups in total. The van der Waals surface area contributed by atoms with Gasteiger partial charge in [-0.2, -0.15) is 0 Å². The molecule has 0 aliphatic rings. The van der Waals surface area contributed by atoms with Crippen molar-refractivity contribution >= 4 is 17.6 Å². The lowest BCUT2D eigenvalue weighted by molar-refractivity contribution is -0.143. The Balaban J connectivity index is 2.18. The highest BCUT2D eigenvalue weighted by atomic mass is 35.5. The summed E-state index contributed by atoms with van der Waals surface area (Å²) in [5.74, 6) is -0.591. The highest BCUT2D eigenvalue weighted by Crippen LogP contribution is 2.15. The van der Waals surface area contributed by atoms with Crippen LogP contribution in [-0.4, -0.2) is 19.1 Å². The molecule has 0 heterocycles. The van der Waals surface area contributed by atoms with E-state index in [1.165, 1.54) is 6.07 Å². The van der Waals surface area contributed by atoms with Crippen molar-refractivity contribution in [2.45, 2.75) is 26.3 Å². The first-order valence-corrected chi connectivity index (χ1v) is 6.31. The highest BCUT2D eigenvalue weighted by molar-refractivity contribution is 6.30. The van der Waals surface area contributed by atoms with E-state index in [9.17, 15) is 9.18 Å². The van der Waals surface area contributed by atoms with E-state index in [1.807, 2.05) is 0 Å². The van der Waals surface area contributed by atoms with Crippen LogP contribution in [0.1, 0.15) is 25.3 Å². The molecule has 0 saturated carbocycles. The Labute approximate surface area is 111 Å². The summed E-state index contributed by atoms with van der Waals surface area (Å²) < 4.78 is 17.7. The summed E-state index contributed by atoms with van der Waals surface area (Å²) in [7, 11) is 0. The number of benzene rings is 1. The van der Waals surface area contributed by atoms with Crippen LogP contribution in [-0.2, 0) is 16.1 Å². The summed E-state index contributed by atoms with van der Waals surface area (Å²) in [5, 5.41) is 3.28. The molecule has 3 nitrogen and oxygen atoms in total. The average molecular weight is 274 g/mol. The number of halogens is 2. The maximum absolute atomic E-state index is 12.9. The lowest BCUT2D eigenvalue weighted by Crippen LogP contribution is -2.16. The molecule has 0 unspecified atom stereocenters. The zero-order valence-electron chi connectivity index (χ0n) is 10.3. The molecule has 0 atom stereocenters. The fourth-order valence-corrected chi connectivity index (χ4v) is 1.68. The number of ether oxygens (including phenoxy) is 1. The number of carbonyl (C=O) groups is 1. The summed E-state index contributed by atoms with van der Waals surface area (Å²) in [5.41, 5.74) is 0.914. The van der Waals surface area contributed by atoms with E-state index < -0.39 is 5.82 Å². The van der Waals surface area contributed by atoms with Gasteiger partial charge in [-0.25, -0.2) is 4.39 Å². The summed E-state index contributed by atoms with van der Waals surface area (Å²) in [6.45, 7) is 3.51. The largest absolute Gasteiger partial charge is 0.466 e. The SMILES string of the molecule is CCOC(=O)CCCNCc1ccc(F)c(Cl)c1. The molecule has 0 spiro atoms. The summed E-state index contributed by atoms with van der Waals surface area (Å²) in [6.07, 6.45) is 1.12. The highest BCUT2D eigenvalue weighted by Gasteiger charge is 2.02. The van der Waals surface area contributed by atoms with E-state index in [0.29, 0.717) is 32.5 Å². The topological polar surface area (TPSA) is 38.3 Å². The van der Waals surface area contributed by atoms with Gasteiger partial charge in [0.2, 0.25) is 0 Å². The maximum Gasteiger partial charge on any atom is 0.305 e. The van der Waals surface area contributed by atoms with Gasteiger partial charge in [-0.05, 0) is 37.6 Å². The second-order valence-electron chi connectivity index (χ2n) is 3.83. The second kappa shape index (κ2) is 8.06. The van der Waals surface area contributed by atoms with Gasteiger partial charge >= 0.3 is 5.97 Å². The molecule has 5 heteroatoms. The van der Waals surface area contributed by atoms with E-state index in [2.05, 4.69) is 5.32 Å². The van der Waals surface area contributed by atoms with Crippen LogP contribution in [0.5, 0.6) is 0 Å². The van der Waals surface area contributed by atoms with Crippen molar-refractivity contribution in [3.8, 4) is 0 Å². The molecule has 0 radical (unpaired) electrons. The first kappa shape index (κ1) is 14.9. The van der Waals surface area contributed by atoms with Crippen molar-refractivity contribution in [3.05, 3.63) is 34.6 Å². The molecule has 0 aromatic heterocycles. The van der Waals surface area contributed by atoms with Crippen molar-refractivity contribution < 1.29 is 13.9 Å². The monoisotopic (exact) mass is 273 g/mol. The lowest BCUT2D eigenvalue weighted by atomic mass is 10.2. The molecule has 1 aromatic carbocycles. The zero-order valence-corrected chi connectivity index (χ0v) is 11.1. The molecule has 0 aliphatic carbocycles. The van der Waals surface area contributed by atoms with Gasteiger partial charge in [-0.15, -0.1) is 0 Å². The third-order valence-electron chi connectivity index (χ3n) is 2.35. The summed E-state index contributed by atoms with van der Waals surface area (Å²) >= 11 is 5.67. The molecule has 0 bridgehead atoms. The van der Waals surface area contributed by atoms with Gasteiger partial charge in [0.25, 0.3) is 0 Å². The Kier molecular flexibility index (Phi) is 6.68. The first-order valence-electron chi connectivity index (χ1n) is 5.93. The van der Waals surface area contributed by atoms with Crippen molar-refractivity contribution in [1.29, 1.82) is 0 Å². The lowest BCUT2D eigenvalue weighted by Gasteiger charge is -2.05. The Bertz CT molecular complexity index is 399. The van der Waals surface area contributed by atoms with Crippen molar-refractivity contribution in [2.24, 2.45) is 0 Å². The van der Waals surface area contributed by atoms with E-state index in [0.717, 1.165) is 5.56 Å². The van der Waals surface area contributed by atoms with E-state index in [-0.39, 0.29) is 11.0 Å². The van der Waals surface area contributed by atoms with Crippen molar-refractivity contribution in [2.75, 3.05) is 13.2 Å². The number of nitrogens with one attached hydrogen (secondary N) is 1. The van der Waals surface area contributed by atoms with Gasteiger partial charge in [-0.3, -0.25) is 4.79 Å². The van der Waals surface area contributed by atoms with Gasteiger partial charge in [0.05, 0.1) is 11.6 Å². The Hall–Kier alpha value is -1.13. The maximum atomic E-state index is 12.9. The summed E-state index contributed by atoms with van der Waals surface area (Å²) in [4.78, 5) is 11.0. The molecule has 0 amide bonds. The Morgan fingerprint density at radius 1 is 1.50 bits per heavy atom. The van der Waals surface area contributed by atoms with Crippen LogP contribution in [0.25, 0.3) is 0 Å². The van der Waals surface area contributed by atoms with E-state index in [4.69, 9.17) is 16.3 Å². The van der Waals surface area contributed by atoms with Gasteiger partial charge in [-0.1, -0.05) is 17.7 Å². The molecule has 100 valence electrons. The number of hydrogen-bond acceptors (Lipinski definition) is 3. The number of carbonyl (C=O) groups excluding carboxylic acids is 1. The molecule has 0 fully saturated rings. The predicted octanol–water partition coefficient (Wildman–Crippen LogP) is 2.91. The van der Waals surface area contributed by atoms with Crippen LogP contribution in [0, 0.1) is 5.82 Å². The molecule has 18 heavy (non-hydrogen) atoms. The van der Waals surface area contributed by atoms with Crippen molar-refractivity contribution in [3.63, 3.8) is 0 Å². The van der Waals surface area contributed by atoms with Gasteiger partial charge < -0.3 is 10.1 Å². The fourth-order valence-electron chi connectivity index (χ4n) is 1.47. The Morgan fingerprint density at radius 3 is 2.94 bits per heavy atom. The van der Waals surface area contributed by atoms with Crippen LogP contribution in [0.15, 0.2) is 18.2 Å². The van der Waals surface area contributed by atoms with Crippen LogP contribution in [0.3, 0.4) is 0 Å². The minimum atomic E-state index is -0.414. The molecule has 1 rings (SSSR count). The third-order valence-corrected chi connectivity index (χ3v) is 2.64. The average Bonchev–Trinajstić information content (AvgIpc) is 2.33. The minimum Gasteiger partial charge on any atom is -0.466 e. The standard InChI is InChI=1S/C13H17ClFNO2/c1-2-18-13(17)4-3-7-16-9-10-5-6-12(15)11(14)8-10/h5-6,8,16H,2-4,7,9H2,1H3. The van der Waals surface area contributed by atoms with Gasteiger partial charge in [0.15, 0.2) is 0 Å². The molecule has 0 saturated heterocycles. The number of hydrogen-bond donors (Lipinski definition) is 1. The smallest absolute Gasteiger partial charge is 0.305 e. The van der Waals surface area contributed by atoms with Crippen LogP contribution in [0.4, 0.5) is 4.39 Å². The molecular formula is C13H17ClFNO2. The molecular weight excluding hydrogens is 257 g/mol. The fraction of sp³-hybridized carbons (Fsp3) is 0.462. The minimum absolute atomic E-state index is 0.126. The quantitative estimate of drug-likeness (QED) is 0.613. The normalized spacial score (nSPS) is 10.4. The van der Waals surface area contributed by atoms with Gasteiger partial charge in [0, 0.05) is 13.0 Å². The van der Waals surface area contributed by atoms with Crippen LogP contribution < -0.4 is 5.32 Å².